The van der Waals surface area contributed by atoms with Gasteiger partial charge in [0.15, 0.2) is 23.2 Å². The van der Waals surface area contributed by atoms with Crippen molar-refractivity contribution >= 4 is 0 Å². The van der Waals surface area contributed by atoms with Gasteiger partial charge in [-0.3, -0.25) is 0 Å². The Morgan fingerprint density at radius 1 is 0.952 bits per heavy atom. The van der Waals surface area contributed by atoms with Gasteiger partial charge in [0.05, 0.1) is 7.11 Å². The minimum Gasteiger partial charge on any atom is -0.494 e. The molecule has 2 N–H and O–H groups in total. The summed E-state index contributed by atoms with van der Waals surface area (Å²) in [5, 5.41) is 0. The van der Waals surface area contributed by atoms with Crippen LogP contribution in [0.4, 0.5) is 13.2 Å². The largest absolute Gasteiger partial charge is 0.494 e. The summed E-state index contributed by atoms with van der Waals surface area (Å²) in [6.45, 7) is 0. The SMILES string of the molecule is COc1cccc(CC(N)Cc2cccc(F)c2F)c1F. The van der Waals surface area contributed by atoms with Crippen molar-refractivity contribution in [2.45, 2.75) is 18.9 Å². The van der Waals surface area contributed by atoms with E-state index < -0.39 is 23.5 Å². The van der Waals surface area contributed by atoms with Gasteiger partial charge >= 0.3 is 0 Å². The fraction of sp³-hybridized carbons (Fsp3) is 0.250. The van der Waals surface area contributed by atoms with Crippen LogP contribution in [-0.4, -0.2) is 13.2 Å². The number of hydrogen-bond acceptors (Lipinski definition) is 2. The summed E-state index contributed by atoms with van der Waals surface area (Å²) in [7, 11) is 1.38. The van der Waals surface area contributed by atoms with Crippen LogP contribution >= 0.6 is 0 Å². The second kappa shape index (κ2) is 6.63. The van der Waals surface area contributed by atoms with Crippen LogP contribution in [0.3, 0.4) is 0 Å². The highest BCUT2D eigenvalue weighted by Crippen LogP contribution is 2.22. The molecule has 1 atom stereocenters. The number of benzene rings is 2. The maximum absolute atomic E-state index is 14.0. The van der Waals surface area contributed by atoms with E-state index in [1.807, 2.05) is 0 Å². The van der Waals surface area contributed by atoms with E-state index in [-0.39, 0.29) is 24.2 Å². The number of nitrogens with two attached hydrogens (primary N) is 1. The van der Waals surface area contributed by atoms with Crippen molar-refractivity contribution in [1.82, 2.24) is 0 Å². The van der Waals surface area contributed by atoms with Crippen LogP contribution in [0, 0.1) is 17.5 Å². The molecule has 21 heavy (non-hydrogen) atoms. The predicted molar refractivity (Wildman–Crippen MR) is 74.7 cm³/mol. The van der Waals surface area contributed by atoms with Crippen molar-refractivity contribution in [3.05, 3.63) is 65.0 Å². The molecule has 0 saturated heterocycles. The van der Waals surface area contributed by atoms with E-state index in [1.54, 1.807) is 12.1 Å². The first kappa shape index (κ1) is 15.4. The van der Waals surface area contributed by atoms with Crippen molar-refractivity contribution in [1.29, 1.82) is 0 Å². The highest BCUT2D eigenvalue weighted by atomic mass is 19.2. The minimum absolute atomic E-state index is 0.125. The molecule has 0 heterocycles. The van der Waals surface area contributed by atoms with Gasteiger partial charge in [-0.05, 0) is 36.1 Å². The first-order chi connectivity index (χ1) is 10.0. The number of halogens is 3. The maximum atomic E-state index is 14.0. The van der Waals surface area contributed by atoms with E-state index in [9.17, 15) is 13.2 Å². The molecular formula is C16H16F3NO. The van der Waals surface area contributed by atoms with Crippen LogP contribution in [0.5, 0.6) is 5.75 Å². The lowest BCUT2D eigenvalue weighted by atomic mass is 9.99. The van der Waals surface area contributed by atoms with E-state index in [2.05, 4.69) is 0 Å². The highest BCUT2D eigenvalue weighted by molar-refractivity contribution is 5.32. The van der Waals surface area contributed by atoms with Crippen LogP contribution in [-0.2, 0) is 12.8 Å². The number of ether oxygens (including phenoxy) is 1. The Bertz CT molecular complexity index is 631. The molecule has 0 radical (unpaired) electrons. The number of hydrogen-bond donors (Lipinski definition) is 1. The average molecular weight is 295 g/mol. The summed E-state index contributed by atoms with van der Waals surface area (Å²) >= 11 is 0. The van der Waals surface area contributed by atoms with E-state index in [4.69, 9.17) is 10.5 Å². The molecular weight excluding hydrogens is 279 g/mol. The molecule has 0 aliphatic rings. The molecule has 0 aliphatic carbocycles. The molecule has 0 saturated carbocycles. The van der Waals surface area contributed by atoms with Crippen molar-refractivity contribution < 1.29 is 17.9 Å². The zero-order chi connectivity index (χ0) is 15.4. The zero-order valence-electron chi connectivity index (χ0n) is 11.6. The Labute approximate surface area is 121 Å². The molecule has 2 rings (SSSR count). The van der Waals surface area contributed by atoms with Crippen molar-refractivity contribution in [2.24, 2.45) is 5.73 Å². The summed E-state index contributed by atoms with van der Waals surface area (Å²) < 4.78 is 45.6. The Morgan fingerprint density at radius 3 is 2.14 bits per heavy atom. The molecule has 5 heteroatoms. The molecule has 2 nitrogen and oxygen atoms in total. The van der Waals surface area contributed by atoms with Crippen LogP contribution < -0.4 is 10.5 Å². The molecule has 2 aromatic carbocycles. The predicted octanol–water partition coefficient (Wildman–Crippen LogP) is 3.23. The molecule has 0 aromatic heterocycles. The Balaban J connectivity index is 2.12. The fourth-order valence-electron chi connectivity index (χ4n) is 2.21. The lowest BCUT2D eigenvalue weighted by Gasteiger charge is -2.14. The third-order valence-corrected chi connectivity index (χ3v) is 3.26. The molecule has 1 unspecified atom stereocenters. The Kier molecular flexibility index (Phi) is 4.85. The van der Waals surface area contributed by atoms with Gasteiger partial charge in [-0.25, -0.2) is 13.2 Å². The van der Waals surface area contributed by atoms with Gasteiger partial charge in [0.25, 0.3) is 0 Å². The number of methoxy groups -OCH3 is 1. The van der Waals surface area contributed by atoms with Crippen molar-refractivity contribution in [2.75, 3.05) is 7.11 Å². The molecule has 0 amide bonds. The second-order valence-electron chi connectivity index (χ2n) is 4.81. The normalized spacial score (nSPS) is 12.2. The molecule has 0 fully saturated rings. The highest BCUT2D eigenvalue weighted by Gasteiger charge is 2.15. The standard InChI is InChI=1S/C16H16F3NO/c1-21-14-7-3-5-11(16(14)19)9-12(20)8-10-4-2-6-13(17)15(10)18/h2-7,12H,8-9,20H2,1H3. The fourth-order valence-corrected chi connectivity index (χ4v) is 2.21. The van der Waals surface area contributed by atoms with Gasteiger partial charge < -0.3 is 10.5 Å². The summed E-state index contributed by atoms with van der Waals surface area (Å²) in [5.41, 5.74) is 6.49. The van der Waals surface area contributed by atoms with Gasteiger partial charge in [-0.2, -0.15) is 0 Å². The third kappa shape index (κ3) is 3.55. The number of rotatable bonds is 5. The van der Waals surface area contributed by atoms with Gasteiger partial charge in [0.1, 0.15) is 0 Å². The second-order valence-corrected chi connectivity index (χ2v) is 4.81. The smallest absolute Gasteiger partial charge is 0.168 e. The Hall–Kier alpha value is -2.01. The van der Waals surface area contributed by atoms with Crippen LogP contribution in [0.15, 0.2) is 36.4 Å². The van der Waals surface area contributed by atoms with E-state index in [1.165, 1.54) is 25.3 Å². The van der Waals surface area contributed by atoms with Gasteiger partial charge in [0.2, 0.25) is 0 Å². The Morgan fingerprint density at radius 2 is 1.52 bits per heavy atom. The molecule has 0 aliphatic heterocycles. The van der Waals surface area contributed by atoms with Crippen LogP contribution in [0.1, 0.15) is 11.1 Å². The lowest BCUT2D eigenvalue weighted by molar-refractivity contribution is 0.383. The summed E-state index contributed by atoms with van der Waals surface area (Å²) in [4.78, 5) is 0. The molecule has 0 spiro atoms. The molecule has 112 valence electrons. The first-order valence-corrected chi connectivity index (χ1v) is 6.52. The lowest BCUT2D eigenvalue weighted by Crippen LogP contribution is -2.26. The van der Waals surface area contributed by atoms with Crippen LogP contribution in [0.2, 0.25) is 0 Å². The molecule has 0 bridgehead atoms. The monoisotopic (exact) mass is 295 g/mol. The first-order valence-electron chi connectivity index (χ1n) is 6.52. The van der Waals surface area contributed by atoms with Gasteiger partial charge in [-0.1, -0.05) is 24.3 Å². The summed E-state index contributed by atoms with van der Waals surface area (Å²) in [6, 6.07) is 8.19. The van der Waals surface area contributed by atoms with E-state index in [0.29, 0.717) is 5.56 Å². The van der Waals surface area contributed by atoms with Gasteiger partial charge in [0, 0.05) is 6.04 Å². The average Bonchev–Trinajstić information content (AvgIpc) is 2.46. The third-order valence-electron chi connectivity index (χ3n) is 3.26. The van der Waals surface area contributed by atoms with Crippen LogP contribution in [0.25, 0.3) is 0 Å². The van der Waals surface area contributed by atoms with E-state index >= 15 is 0 Å². The topological polar surface area (TPSA) is 35.2 Å². The summed E-state index contributed by atoms with van der Waals surface area (Å²) in [6.07, 6.45) is 0.333. The molecule has 2 aromatic rings. The maximum Gasteiger partial charge on any atom is 0.168 e. The minimum atomic E-state index is -0.910. The quantitative estimate of drug-likeness (QED) is 0.919. The van der Waals surface area contributed by atoms with E-state index in [0.717, 1.165) is 6.07 Å². The summed E-state index contributed by atoms with van der Waals surface area (Å²) in [5.74, 6) is -2.15. The zero-order valence-corrected chi connectivity index (χ0v) is 11.6. The van der Waals surface area contributed by atoms with Crippen molar-refractivity contribution in [3.8, 4) is 5.75 Å². The van der Waals surface area contributed by atoms with Crippen molar-refractivity contribution in [3.63, 3.8) is 0 Å². The van der Waals surface area contributed by atoms with Gasteiger partial charge in [-0.15, -0.1) is 0 Å².